The van der Waals surface area contributed by atoms with Crippen molar-refractivity contribution in [3.63, 3.8) is 0 Å². The quantitative estimate of drug-likeness (QED) is 0.931. The van der Waals surface area contributed by atoms with Crippen molar-refractivity contribution in [1.82, 2.24) is 9.97 Å². The molecule has 0 aliphatic rings. The van der Waals surface area contributed by atoms with Gasteiger partial charge >= 0.3 is 0 Å². The molecule has 1 aromatic heterocycles. The van der Waals surface area contributed by atoms with Gasteiger partial charge in [-0.25, -0.2) is 9.97 Å². The molecule has 2 aromatic rings. The monoisotopic (exact) mass is 311 g/mol. The molecule has 5 heteroatoms. The molecule has 0 spiro atoms. The third kappa shape index (κ3) is 2.96. The van der Waals surface area contributed by atoms with E-state index in [-0.39, 0.29) is 0 Å². The molecule has 1 aromatic carbocycles. The van der Waals surface area contributed by atoms with Gasteiger partial charge in [0.25, 0.3) is 0 Å². The summed E-state index contributed by atoms with van der Waals surface area (Å²) in [5.41, 5.74) is 0.820. The Labute approximate surface area is 113 Å². The summed E-state index contributed by atoms with van der Waals surface area (Å²) in [5.74, 6) is 1.42. The third-order valence-electron chi connectivity index (χ3n) is 2.18. The van der Waals surface area contributed by atoms with Crippen LogP contribution in [0.15, 0.2) is 34.9 Å². The number of aromatic nitrogens is 2. The number of hydrogen-bond acceptors (Lipinski definition) is 3. The standard InChI is InChI=1S/C12H11BrClN3/c1-2-15-11-5-6-16-12(17-11)9-7-8(13)3-4-10(9)14/h3-7H,2H2,1H3,(H,15,16,17). The van der Waals surface area contributed by atoms with Crippen LogP contribution in [0.3, 0.4) is 0 Å². The first-order chi connectivity index (χ1) is 8.20. The fraction of sp³-hybridized carbons (Fsp3) is 0.167. The zero-order valence-electron chi connectivity index (χ0n) is 9.24. The summed E-state index contributed by atoms with van der Waals surface area (Å²) < 4.78 is 0.953. The van der Waals surface area contributed by atoms with Crippen molar-refractivity contribution in [2.24, 2.45) is 0 Å². The summed E-state index contributed by atoms with van der Waals surface area (Å²) >= 11 is 9.55. The molecule has 0 bridgehead atoms. The molecule has 2 rings (SSSR count). The highest BCUT2D eigenvalue weighted by Gasteiger charge is 2.07. The molecular weight excluding hydrogens is 302 g/mol. The second-order valence-electron chi connectivity index (χ2n) is 3.42. The normalized spacial score (nSPS) is 10.3. The Morgan fingerprint density at radius 3 is 2.94 bits per heavy atom. The van der Waals surface area contributed by atoms with Crippen molar-refractivity contribution < 1.29 is 0 Å². The van der Waals surface area contributed by atoms with E-state index in [9.17, 15) is 0 Å². The Balaban J connectivity index is 2.45. The van der Waals surface area contributed by atoms with Crippen molar-refractivity contribution in [2.45, 2.75) is 6.92 Å². The van der Waals surface area contributed by atoms with E-state index in [4.69, 9.17) is 11.6 Å². The average Bonchev–Trinajstić information content (AvgIpc) is 2.33. The van der Waals surface area contributed by atoms with Gasteiger partial charge in [0.15, 0.2) is 5.82 Å². The molecule has 0 saturated carbocycles. The molecule has 3 nitrogen and oxygen atoms in total. The molecule has 1 heterocycles. The van der Waals surface area contributed by atoms with Gasteiger partial charge in [-0.05, 0) is 31.2 Å². The van der Waals surface area contributed by atoms with E-state index in [1.807, 2.05) is 31.2 Å². The minimum atomic E-state index is 0.620. The maximum Gasteiger partial charge on any atom is 0.163 e. The van der Waals surface area contributed by atoms with E-state index in [0.29, 0.717) is 10.8 Å². The number of nitrogens with zero attached hydrogens (tertiary/aromatic N) is 2. The minimum Gasteiger partial charge on any atom is -0.370 e. The SMILES string of the molecule is CCNc1ccnc(-c2cc(Br)ccc2Cl)n1. The van der Waals surface area contributed by atoms with Crippen molar-refractivity contribution in [3.05, 3.63) is 40.0 Å². The molecular formula is C12H11BrClN3. The molecule has 1 N–H and O–H groups in total. The molecule has 0 amide bonds. The maximum atomic E-state index is 6.14. The van der Waals surface area contributed by atoms with Gasteiger partial charge in [0.1, 0.15) is 5.82 Å². The number of anilines is 1. The lowest BCUT2D eigenvalue weighted by Crippen LogP contribution is -2.00. The molecule has 0 radical (unpaired) electrons. The molecule has 0 saturated heterocycles. The Morgan fingerprint density at radius 1 is 1.35 bits per heavy atom. The predicted molar refractivity (Wildman–Crippen MR) is 74.3 cm³/mol. The smallest absolute Gasteiger partial charge is 0.163 e. The highest BCUT2D eigenvalue weighted by Crippen LogP contribution is 2.28. The number of hydrogen-bond donors (Lipinski definition) is 1. The van der Waals surface area contributed by atoms with Crippen LogP contribution in [0.1, 0.15) is 6.92 Å². The third-order valence-corrected chi connectivity index (χ3v) is 3.01. The predicted octanol–water partition coefficient (Wildman–Crippen LogP) is 3.99. The van der Waals surface area contributed by atoms with Crippen molar-refractivity contribution in [3.8, 4) is 11.4 Å². The lowest BCUT2D eigenvalue weighted by molar-refractivity contribution is 1.12. The lowest BCUT2D eigenvalue weighted by atomic mass is 10.2. The van der Waals surface area contributed by atoms with Crippen LogP contribution < -0.4 is 5.32 Å². The van der Waals surface area contributed by atoms with Crippen molar-refractivity contribution >= 4 is 33.3 Å². The van der Waals surface area contributed by atoms with Gasteiger partial charge in [0.2, 0.25) is 0 Å². The number of benzene rings is 1. The summed E-state index contributed by atoms with van der Waals surface area (Å²) in [4.78, 5) is 8.64. The summed E-state index contributed by atoms with van der Waals surface area (Å²) in [7, 11) is 0. The van der Waals surface area contributed by atoms with Crippen LogP contribution in [-0.4, -0.2) is 16.5 Å². The van der Waals surface area contributed by atoms with E-state index >= 15 is 0 Å². The number of nitrogens with one attached hydrogen (secondary N) is 1. The van der Waals surface area contributed by atoms with E-state index in [2.05, 4.69) is 31.2 Å². The molecule has 17 heavy (non-hydrogen) atoms. The second-order valence-corrected chi connectivity index (χ2v) is 4.74. The van der Waals surface area contributed by atoms with E-state index in [1.165, 1.54) is 0 Å². The molecule has 0 aliphatic heterocycles. The summed E-state index contributed by atoms with van der Waals surface area (Å²) in [6, 6.07) is 7.45. The van der Waals surface area contributed by atoms with Gasteiger partial charge < -0.3 is 5.32 Å². The first-order valence-corrected chi connectivity index (χ1v) is 6.40. The van der Waals surface area contributed by atoms with Gasteiger partial charge in [-0.2, -0.15) is 0 Å². The molecule has 0 aliphatic carbocycles. The van der Waals surface area contributed by atoms with Gasteiger partial charge in [-0.3, -0.25) is 0 Å². The Kier molecular flexibility index (Phi) is 3.97. The van der Waals surface area contributed by atoms with Gasteiger partial charge in [0.05, 0.1) is 5.02 Å². The second kappa shape index (κ2) is 5.47. The fourth-order valence-corrected chi connectivity index (χ4v) is 2.00. The van der Waals surface area contributed by atoms with Gasteiger partial charge in [-0.1, -0.05) is 27.5 Å². The summed E-state index contributed by atoms with van der Waals surface area (Å²) in [5, 5.41) is 3.79. The highest BCUT2D eigenvalue weighted by atomic mass is 79.9. The van der Waals surface area contributed by atoms with Crippen LogP contribution in [0, 0.1) is 0 Å². The molecule has 0 unspecified atom stereocenters. The van der Waals surface area contributed by atoms with Crippen LogP contribution in [0.5, 0.6) is 0 Å². The Hall–Kier alpha value is -1.13. The van der Waals surface area contributed by atoms with E-state index < -0.39 is 0 Å². The maximum absolute atomic E-state index is 6.14. The Bertz CT molecular complexity index is 531. The molecule has 0 atom stereocenters. The zero-order chi connectivity index (χ0) is 12.3. The minimum absolute atomic E-state index is 0.620. The first-order valence-electron chi connectivity index (χ1n) is 5.23. The Morgan fingerprint density at radius 2 is 2.18 bits per heavy atom. The largest absolute Gasteiger partial charge is 0.370 e. The number of rotatable bonds is 3. The lowest BCUT2D eigenvalue weighted by Gasteiger charge is -2.06. The number of halogens is 2. The molecule has 0 fully saturated rings. The zero-order valence-corrected chi connectivity index (χ0v) is 11.6. The highest BCUT2D eigenvalue weighted by molar-refractivity contribution is 9.10. The van der Waals surface area contributed by atoms with Crippen molar-refractivity contribution in [2.75, 3.05) is 11.9 Å². The molecule has 88 valence electrons. The van der Waals surface area contributed by atoms with Crippen LogP contribution in [-0.2, 0) is 0 Å². The first kappa shape index (κ1) is 12.3. The topological polar surface area (TPSA) is 37.8 Å². The van der Waals surface area contributed by atoms with Gasteiger partial charge in [-0.15, -0.1) is 0 Å². The van der Waals surface area contributed by atoms with Crippen molar-refractivity contribution in [1.29, 1.82) is 0 Å². The van der Waals surface area contributed by atoms with E-state index in [0.717, 1.165) is 22.4 Å². The van der Waals surface area contributed by atoms with Crippen LogP contribution in [0.2, 0.25) is 5.02 Å². The summed E-state index contributed by atoms with van der Waals surface area (Å²) in [6.07, 6.45) is 1.72. The van der Waals surface area contributed by atoms with Crippen LogP contribution in [0.25, 0.3) is 11.4 Å². The van der Waals surface area contributed by atoms with Crippen LogP contribution in [0.4, 0.5) is 5.82 Å². The average molecular weight is 313 g/mol. The fourth-order valence-electron chi connectivity index (χ4n) is 1.44. The van der Waals surface area contributed by atoms with E-state index in [1.54, 1.807) is 6.20 Å². The summed E-state index contributed by atoms with van der Waals surface area (Å²) in [6.45, 7) is 2.84. The van der Waals surface area contributed by atoms with Crippen LogP contribution >= 0.6 is 27.5 Å². The van der Waals surface area contributed by atoms with Gasteiger partial charge in [0, 0.05) is 22.8 Å².